The maximum absolute atomic E-state index is 13.2. The van der Waals surface area contributed by atoms with Crippen molar-refractivity contribution >= 4 is 22.6 Å². The summed E-state index contributed by atoms with van der Waals surface area (Å²) >= 11 is 0. The van der Waals surface area contributed by atoms with Gasteiger partial charge in [-0.25, -0.2) is 4.98 Å². The standard InChI is InChI=1S/C24H26N4O3/c1-3-31-13-7-12-25-23(29)20-14-19-22(27(20)16-18-8-5-4-6-9-18)26-21-11-10-17(2)15-28(21)24(19)30/h4-6,8-11,14-15H,3,7,12-13,16H2,1-2H3,(H,25,29). The monoisotopic (exact) mass is 418 g/mol. The molecule has 0 fully saturated rings. The van der Waals surface area contributed by atoms with Gasteiger partial charge in [0, 0.05) is 32.5 Å². The number of aryl methyl sites for hydroxylation is 1. The SMILES string of the molecule is CCOCCCNC(=O)c1cc2c(=O)n3cc(C)ccc3nc2n1Cc1ccccc1. The molecule has 0 saturated carbocycles. The number of amides is 1. The van der Waals surface area contributed by atoms with Gasteiger partial charge in [0.2, 0.25) is 0 Å². The fraction of sp³-hybridized carbons (Fsp3) is 0.292. The molecule has 160 valence electrons. The number of carbonyl (C=O) groups excluding carboxylic acids is 1. The molecule has 0 aliphatic carbocycles. The molecule has 4 aromatic rings. The van der Waals surface area contributed by atoms with E-state index in [-0.39, 0.29) is 11.5 Å². The second kappa shape index (κ2) is 9.14. The predicted molar refractivity (Wildman–Crippen MR) is 121 cm³/mol. The van der Waals surface area contributed by atoms with Crippen molar-refractivity contribution in [3.05, 3.63) is 81.9 Å². The number of benzene rings is 1. The molecule has 0 bridgehead atoms. The molecule has 0 aliphatic heterocycles. The molecule has 3 heterocycles. The first-order valence-electron chi connectivity index (χ1n) is 10.5. The molecule has 0 aliphatic rings. The fourth-order valence-electron chi connectivity index (χ4n) is 3.63. The molecular formula is C24H26N4O3. The van der Waals surface area contributed by atoms with E-state index >= 15 is 0 Å². The minimum atomic E-state index is -0.227. The molecule has 1 aromatic carbocycles. The summed E-state index contributed by atoms with van der Waals surface area (Å²) in [5, 5.41) is 3.37. The summed E-state index contributed by atoms with van der Waals surface area (Å²) in [6.07, 6.45) is 2.49. The number of pyridine rings is 1. The molecule has 0 unspecified atom stereocenters. The Hall–Kier alpha value is -3.45. The van der Waals surface area contributed by atoms with Crippen molar-refractivity contribution in [1.82, 2.24) is 19.3 Å². The van der Waals surface area contributed by atoms with Gasteiger partial charge in [-0.3, -0.25) is 14.0 Å². The van der Waals surface area contributed by atoms with Gasteiger partial charge >= 0.3 is 0 Å². The third-order valence-corrected chi connectivity index (χ3v) is 5.18. The van der Waals surface area contributed by atoms with E-state index in [9.17, 15) is 9.59 Å². The summed E-state index contributed by atoms with van der Waals surface area (Å²) in [6.45, 7) is 6.06. The van der Waals surface area contributed by atoms with Crippen molar-refractivity contribution in [2.75, 3.05) is 19.8 Å². The van der Waals surface area contributed by atoms with Gasteiger partial charge in [0.1, 0.15) is 17.0 Å². The average molecular weight is 418 g/mol. The third kappa shape index (κ3) is 4.36. The molecule has 3 aromatic heterocycles. The summed E-state index contributed by atoms with van der Waals surface area (Å²) in [6, 6.07) is 15.2. The Labute approximate surface area is 180 Å². The van der Waals surface area contributed by atoms with Crippen LogP contribution in [0.15, 0.2) is 59.5 Å². The molecule has 7 nitrogen and oxygen atoms in total. The Morgan fingerprint density at radius 2 is 1.97 bits per heavy atom. The summed E-state index contributed by atoms with van der Waals surface area (Å²) < 4.78 is 8.69. The van der Waals surface area contributed by atoms with Crippen LogP contribution >= 0.6 is 0 Å². The Morgan fingerprint density at radius 3 is 2.74 bits per heavy atom. The van der Waals surface area contributed by atoms with Crippen LogP contribution in [0.3, 0.4) is 0 Å². The number of aromatic nitrogens is 3. The van der Waals surface area contributed by atoms with Gasteiger partial charge in [-0.2, -0.15) is 0 Å². The van der Waals surface area contributed by atoms with Crippen molar-refractivity contribution < 1.29 is 9.53 Å². The van der Waals surface area contributed by atoms with Gasteiger partial charge in [0.05, 0.1) is 5.39 Å². The van der Waals surface area contributed by atoms with E-state index in [0.717, 1.165) is 17.5 Å². The highest BCUT2D eigenvalue weighted by molar-refractivity contribution is 5.98. The van der Waals surface area contributed by atoms with E-state index in [4.69, 9.17) is 9.72 Å². The topological polar surface area (TPSA) is 77.6 Å². The molecule has 7 heteroatoms. The predicted octanol–water partition coefficient (Wildman–Crippen LogP) is 3.16. The van der Waals surface area contributed by atoms with Gasteiger partial charge < -0.3 is 14.6 Å². The Morgan fingerprint density at radius 1 is 1.16 bits per heavy atom. The normalized spacial score (nSPS) is 11.3. The van der Waals surface area contributed by atoms with Crippen LogP contribution in [0, 0.1) is 6.92 Å². The highest BCUT2D eigenvalue weighted by Gasteiger charge is 2.20. The van der Waals surface area contributed by atoms with Crippen LogP contribution in [0.2, 0.25) is 0 Å². The van der Waals surface area contributed by atoms with E-state index in [2.05, 4.69) is 5.32 Å². The van der Waals surface area contributed by atoms with E-state index in [0.29, 0.717) is 48.7 Å². The lowest BCUT2D eigenvalue weighted by molar-refractivity contribution is 0.0936. The molecule has 4 rings (SSSR count). The van der Waals surface area contributed by atoms with Crippen LogP contribution in [0.4, 0.5) is 0 Å². The first-order chi connectivity index (χ1) is 15.1. The largest absolute Gasteiger partial charge is 0.382 e. The third-order valence-electron chi connectivity index (χ3n) is 5.18. The fourth-order valence-corrected chi connectivity index (χ4v) is 3.63. The lowest BCUT2D eigenvalue weighted by Gasteiger charge is -2.11. The van der Waals surface area contributed by atoms with Crippen LogP contribution in [0.1, 0.15) is 35.0 Å². The van der Waals surface area contributed by atoms with E-state index in [1.165, 1.54) is 4.40 Å². The van der Waals surface area contributed by atoms with E-state index in [1.807, 2.05) is 60.9 Å². The van der Waals surface area contributed by atoms with E-state index in [1.54, 1.807) is 12.3 Å². The number of nitrogens with zero attached hydrogens (tertiary/aromatic N) is 3. The van der Waals surface area contributed by atoms with Crippen LogP contribution in [0.5, 0.6) is 0 Å². The number of hydrogen-bond donors (Lipinski definition) is 1. The van der Waals surface area contributed by atoms with Gasteiger partial charge in [-0.15, -0.1) is 0 Å². The van der Waals surface area contributed by atoms with Crippen LogP contribution in [-0.4, -0.2) is 39.6 Å². The zero-order chi connectivity index (χ0) is 21.8. The highest BCUT2D eigenvalue weighted by Crippen LogP contribution is 2.19. The summed E-state index contributed by atoms with van der Waals surface area (Å²) in [5.74, 6) is -0.227. The minimum absolute atomic E-state index is 0.180. The quantitative estimate of drug-likeness (QED) is 0.446. The maximum atomic E-state index is 13.2. The molecule has 0 atom stereocenters. The van der Waals surface area contributed by atoms with Gasteiger partial charge in [-0.1, -0.05) is 36.4 Å². The first-order valence-corrected chi connectivity index (χ1v) is 10.5. The Kier molecular flexibility index (Phi) is 6.13. The Bertz CT molecular complexity index is 1270. The van der Waals surface area contributed by atoms with Crippen molar-refractivity contribution in [1.29, 1.82) is 0 Å². The minimum Gasteiger partial charge on any atom is -0.382 e. The average Bonchev–Trinajstić information content (AvgIpc) is 3.13. The van der Waals surface area contributed by atoms with Crippen molar-refractivity contribution in [2.24, 2.45) is 0 Å². The zero-order valence-corrected chi connectivity index (χ0v) is 17.8. The number of fused-ring (bicyclic) bond motifs is 2. The zero-order valence-electron chi connectivity index (χ0n) is 17.8. The number of ether oxygens (including phenoxy) is 1. The maximum Gasteiger partial charge on any atom is 0.268 e. The van der Waals surface area contributed by atoms with Gasteiger partial charge in [0.15, 0.2) is 0 Å². The molecule has 1 amide bonds. The van der Waals surface area contributed by atoms with Crippen LogP contribution in [-0.2, 0) is 11.3 Å². The first kappa shape index (κ1) is 20.8. The molecule has 0 radical (unpaired) electrons. The summed E-state index contributed by atoms with van der Waals surface area (Å²) in [4.78, 5) is 30.9. The second-order valence-electron chi connectivity index (χ2n) is 7.50. The second-order valence-corrected chi connectivity index (χ2v) is 7.50. The lowest BCUT2D eigenvalue weighted by atomic mass is 10.2. The smallest absolute Gasteiger partial charge is 0.268 e. The molecule has 0 spiro atoms. The molecule has 1 N–H and O–H groups in total. The highest BCUT2D eigenvalue weighted by atomic mass is 16.5. The number of hydrogen-bond acceptors (Lipinski definition) is 4. The summed E-state index contributed by atoms with van der Waals surface area (Å²) in [7, 11) is 0. The summed E-state index contributed by atoms with van der Waals surface area (Å²) in [5.41, 5.74) is 3.30. The number of carbonyl (C=O) groups is 1. The van der Waals surface area contributed by atoms with Crippen molar-refractivity contribution in [3.8, 4) is 0 Å². The Balaban J connectivity index is 1.78. The molecule has 0 saturated heterocycles. The van der Waals surface area contributed by atoms with Crippen molar-refractivity contribution in [3.63, 3.8) is 0 Å². The van der Waals surface area contributed by atoms with Crippen molar-refractivity contribution in [2.45, 2.75) is 26.8 Å². The van der Waals surface area contributed by atoms with E-state index < -0.39 is 0 Å². The molecule has 31 heavy (non-hydrogen) atoms. The van der Waals surface area contributed by atoms with Crippen LogP contribution in [0.25, 0.3) is 16.7 Å². The van der Waals surface area contributed by atoms with Gasteiger partial charge in [0.25, 0.3) is 11.5 Å². The van der Waals surface area contributed by atoms with Crippen LogP contribution < -0.4 is 10.9 Å². The van der Waals surface area contributed by atoms with Gasteiger partial charge in [-0.05, 0) is 43.5 Å². The number of rotatable bonds is 8. The lowest BCUT2D eigenvalue weighted by Crippen LogP contribution is -2.27. The number of nitrogens with one attached hydrogen (secondary N) is 1. The molecular weight excluding hydrogens is 392 g/mol.